The number of aliphatic hydroxyl groups is 3. The van der Waals surface area contributed by atoms with E-state index in [-0.39, 0.29) is 5.82 Å². The normalized spacial score (nSPS) is 30.2. The summed E-state index contributed by atoms with van der Waals surface area (Å²) in [7, 11) is 0. The van der Waals surface area contributed by atoms with Crippen molar-refractivity contribution in [2.75, 3.05) is 12.3 Å². The highest BCUT2D eigenvalue weighted by Crippen LogP contribution is 2.28. The number of hydrogen-bond acceptors (Lipinski definition) is 7. The predicted octanol–water partition coefficient (Wildman–Crippen LogP) is -1.20. The number of halogens is 1. The SMILES string of the molecule is Nc1nc(=O)n([C@@H]2O[C@H](CO)C(O)C2O)cc1/C=C/Br. The lowest BCUT2D eigenvalue weighted by molar-refractivity contribution is -0.0549. The molecule has 1 fully saturated rings. The van der Waals surface area contributed by atoms with E-state index in [2.05, 4.69) is 20.9 Å². The molecule has 2 unspecified atom stereocenters. The minimum absolute atomic E-state index is 0.0358. The zero-order valence-corrected chi connectivity index (χ0v) is 11.8. The molecule has 0 spiro atoms. The van der Waals surface area contributed by atoms with Gasteiger partial charge in [-0.2, -0.15) is 4.98 Å². The number of aliphatic hydroxyl groups excluding tert-OH is 3. The molecule has 110 valence electrons. The maximum absolute atomic E-state index is 11.8. The third-order valence-electron chi connectivity index (χ3n) is 3.04. The van der Waals surface area contributed by atoms with Crippen LogP contribution in [0.25, 0.3) is 6.08 Å². The molecule has 0 bridgehead atoms. The summed E-state index contributed by atoms with van der Waals surface area (Å²) in [6.07, 6.45) is -1.80. The lowest BCUT2D eigenvalue weighted by atomic mass is 10.1. The van der Waals surface area contributed by atoms with E-state index in [0.29, 0.717) is 5.56 Å². The first-order chi connectivity index (χ1) is 9.49. The lowest BCUT2D eigenvalue weighted by Crippen LogP contribution is -2.36. The summed E-state index contributed by atoms with van der Waals surface area (Å²) in [5, 5.41) is 28.6. The van der Waals surface area contributed by atoms with Crippen LogP contribution in [0.5, 0.6) is 0 Å². The van der Waals surface area contributed by atoms with Crippen molar-refractivity contribution in [3.63, 3.8) is 0 Å². The Balaban J connectivity index is 2.43. The maximum Gasteiger partial charge on any atom is 0.351 e. The summed E-state index contributed by atoms with van der Waals surface area (Å²) < 4.78 is 6.30. The van der Waals surface area contributed by atoms with Crippen molar-refractivity contribution in [3.05, 3.63) is 27.2 Å². The molecule has 0 saturated carbocycles. The Bertz CT molecular complexity index is 576. The van der Waals surface area contributed by atoms with Crippen LogP contribution in [0.2, 0.25) is 0 Å². The van der Waals surface area contributed by atoms with Crippen LogP contribution < -0.4 is 11.4 Å². The van der Waals surface area contributed by atoms with Gasteiger partial charge in [-0.3, -0.25) is 4.57 Å². The van der Waals surface area contributed by atoms with Gasteiger partial charge in [0.05, 0.1) is 6.61 Å². The summed E-state index contributed by atoms with van der Waals surface area (Å²) in [6, 6.07) is 0. The number of aromatic nitrogens is 2. The number of nitrogens with two attached hydrogens (primary N) is 1. The van der Waals surface area contributed by atoms with Gasteiger partial charge in [0.15, 0.2) is 6.23 Å². The zero-order chi connectivity index (χ0) is 14.9. The van der Waals surface area contributed by atoms with Crippen molar-refractivity contribution in [2.45, 2.75) is 24.5 Å². The number of nitrogens with zero attached hydrogens (tertiary/aromatic N) is 2. The molecule has 2 heterocycles. The molecule has 0 radical (unpaired) electrons. The Morgan fingerprint density at radius 1 is 1.50 bits per heavy atom. The highest BCUT2D eigenvalue weighted by Gasteiger charge is 2.43. The van der Waals surface area contributed by atoms with Crippen molar-refractivity contribution in [1.29, 1.82) is 0 Å². The Kier molecular flexibility index (Phi) is 4.55. The first-order valence-electron chi connectivity index (χ1n) is 5.77. The first-order valence-corrected chi connectivity index (χ1v) is 6.69. The predicted molar refractivity (Wildman–Crippen MR) is 73.9 cm³/mol. The van der Waals surface area contributed by atoms with Crippen molar-refractivity contribution in [1.82, 2.24) is 9.55 Å². The second-order valence-electron chi connectivity index (χ2n) is 4.29. The van der Waals surface area contributed by atoms with Gasteiger partial charge in [0, 0.05) is 11.8 Å². The van der Waals surface area contributed by atoms with E-state index >= 15 is 0 Å². The van der Waals surface area contributed by atoms with Crippen LogP contribution >= 0.6 is 15.9 Å². The molecule has 5 N–H and O–H groups in total. The summed E-state index contributed by atoms with van der Waals surface area (Å²) in [6.45, 7) is -0.472. The zero-order valence-electron chi connectivity index (χ0n) is 10.3. The molecule has 4 atom stereocenters. The van der Waals surface area contributed by atoms with E-state index in [4.69, 9.17) is 15.6 Å². The highest BCUT2D eigenvalue weighted by atomic mass is 79.9. The number of rotatable bonds is 3. The molecule has 0 aliphatic carbocycles. The quantitative estimate of drug-likeness (QED) is 0.540. The van der Waals surface area contributed by atoms with Gasteiger partial charge in [-0.05, 0) is 11.1 Å². The molecule has 1 aromatic rings. The summed E-state index contributed by atoms with van der Waals surface area (Å²) in [4.78, 5) is 17.0. The Hall–Kier alpha value is -1.26. The van der Waals surface area contributed by atoms with Gasteiger partial charge in [-0.15, -0.1) is 0 Å². The second kappa shape index (κ2) is 6.02. The van der Waals surface area contributed by atoms with Crippen LogP contribution in [-0.4, -0.2) is 49.8 Å². The fourth-order valence-corrected chi connectivity index (χ4v) is 2.27. The minimum Gasteiger partial charge on any atom is -0.394 e. The van der Waals surface area contributed by atoms with Gasteiger partial charge in [0.2, 0.25) is 0 Å². The van der Waals surface area contributed by atoms with Crippen LogP contribution in [0.4, 0.5) is 5.82 Å². The Labute approximate surface area is 122 Å². The highest BCUT2D eigenvalue weighted by molar-refractivity contribution is 9.11. The van der Waals surface area contributed by atoms with Gasteiger partial charge < -0.3 is 25.8 Å². The van der Waals surface area contributed by atoms with E-state index in [1.165, 1.54) is 11.2 Å². The fourth-order valence-electron chi connectivity index (χ4n) is 1.98. The molecule has 2 rings (SSSR count). The molecule has 1 aromatic heterocycles. The molecule has 1 saturated heterocycles. The topological polar surface area (TPSA) is 131 Å². The average Bonchev–Trinajstić information content (AvgIpc) is 2.70. The minimum atomic E-state index is -1.35. The molecule has 8 nitrogen and oxygen atoms in total. The van der Waals surface area contributed by atoms with Crippen LogP contribution in [-0.2, 0) is 4.74 Å². The summed E-state index contributed by atoms with van der Waals surface area (Å²) in [5.41, 5.74) is 5.33. The van der Waals surface area contributed by atoms with Gasteiger partial charge in [-0.25, -0.2) is 4.79 Å². The molecule has 0 amide bonds. The second-order valence-corrected chi connectivity index (χ2v) is 4.82. The van der Waals surface area contributed by atoms with Crippen molar-refractivity contribution in [3.8, 4) is 0 Å². The Morgan fingerprint density at radius 2 is 2.20 bits per heavy atom. The standard InChI is InChI=1S/C11H14BrN3O5/c12-2-1-5-3-15(11(19)14-9(5)13)10-8(18)7(17)6(4-16)20-10/h1-3,6-8,10,16-18H,4H2,(H2,13,14,19)/b2-1+/t6-,7?,8?,10-/m1/s1. The molecular formula is C11H14BrN3O5. The van der Waals surface area contributed by atoms with Gasteiger partial charge in [0.25, 0.3) is 0 Å². The summed E-state index contributed by atoms with van der Waals surface area (Å²) in [5.74, 6) is 0.0358. The number of anilines is 1. The van der Waals surface area contributed by atoms with Crippen molar-refractivity contribution < 1.29 is 20.1 Å². The Morgan fingerprint density at radius 3 is 2.75 bits per heavy atom. The molecule has 1 aliphatic rings. The number of hydrogen-bond donors (Lipinski definition) is 4. The fraction of sp³-hybridized carbons (Fsp3) is 0.455. The third kappa shape index (κ3) is 2.63. The van der Waals surface area contributed by atoms with Crippen LogP contribution in [0.15, 0.2) is 16.0 Å². The first kappa shape index (κ1) is 15.1. The van der Waals surface area contributed by atoms with Gasteiger partial charge in [-0.1, -0.05) is 15.9 Å². The van der Waals surface area contributed by atoms with Crippen LogP contribution in [0.1, 0.15) is 11.8 Å². The molecule has 0 aromatic carbocycles. The van der Waals surface area contributed by atoms with Crippen LogP contribution in [0.3, 0.4) is 0 Å². The van der Waals surface area contributed by atoms with E-state index in [1.807, 2.05) is 0 Å². The monoisotopic (exact) mass is 347 g/mol. The maximum atomic E-state index is 11.8. The number of nitrogen functional groups attached to an aromatic ring is 1. The van der Waals surface area contributed by atoms with Crippen molar-refractivity contribution in [2.24, 2.45) is 0 Å². The van der Waals surface area contributed by atoms with E-state index in [9.17, 15) is 15.0 Å². The molecular weight excluding hydrogens is 334 g/mol. The van der Waals surface area contributed by atoms with Gasteiger partial charge >= 0.3 is 5.69 Å². The summed E-state index contributed by atoms with van der Waals surface area (Å²) >= 11 is 3.08. The van der Waals surface area contributed by atoms with E-state index < -0.39 is 36.8 Å². The number of ether oxygens (including phenoxy) is 1. The molecule has 1 aliphatic heterocycles. The molecule has 20 heavy (non-hydrogen) atoms. The van der Waals surface area contributed by atoms with E-state index in [1.54, 1.807) is 6.08 Å². The van der Waals surface area contributed by atoms with Gasteiger partial charge in [0.1, 0.15) is 24.1 Å². The molecule has 9 heteroatoms. The third-order valence-corrected chi connectivity index (χ3v) is 3.31. The smallest absolute Gasteiger partial charge is 0.351 e. The van der Waals surface area contributed by atoms with Crippen molar-refractivity contribution >= 4 is 27.8 Å². The average molecular weight is 348 g/mol. The van der Waals surface area contributed by atoms with Crippen LogP contribution in [0, 0.1) is 0 Å². The van der Waals surface area contributed by atoms with E-state index in [0.717, 1.165) is 4.57 Å². The largest absolute Gasteiger partial charge is 0.394 e. The lowest BCUT2D eigenvalue weighted by Gasteiger charge is -2.18.